The highest BCUT2D eigenvalue weighted by Gasteiger charge is 2.29. The van der Waals surface area contributed by atoms with E-state index in [0.717, 1.165) is 16.7 Å². The molecule has 1 unspecified atom stereocenters. The highest BCUT2D eigenvalue weighted by Crippen LogP contribution is 2.50. The van der Waals surface area contributed by atoms with E-state index in [1.165, 1.54) is 17.8 Å². The SMILES string of the molecule is COc1cc2c(c(OC)c1OC)-c1ccc(-n3ccnn3)c(=O)cc1C(NC(C)=O)CC2. The maximum absolute atomic E-state index is 13.1. The standard InChI is InChI=1S/C23H24N4O5/c1-13(28)25-17-7-5-14-11-20(30-2)22(31-3)23(32-4)21(14)15-6-8-18(19(29)12-16(15)17)27-10-9-24-26-27/h6,8-12,17H,5,7H2,1-4H3,(H,25,28). The first-order valence-corrected chi connectivity index (χ1v) is 10.1. The first kappa shape index (κ1) is 21.4. The second-order valence-corrected chi connectivity index (χ2v) is 7.42. The molecule has 3 aromatic rings. The molecule has 9 heteroatoms. The number of hydrogen-bond donors (Lipinski definition) is 1. The minimum Gasteiger partial charge on any atom is -0.493 e. The lowest BCUT2D eigenvalue weighted by molar-refractivity contribution is -0.119. The number of fused-ring (bicyclic) bond motifs is 3. The molecule has 2 aromatic carbocycles. The van der Waals surface area contributed by atoms with Crippen molar-refractivity contribution in [2.75, 3.05) is 21.3 Å². The summed E-state index contributed by atoms with van der Waals surface area (Å²) >= 11 is 0. The van der Waals surface area contributed by atoms with Gasteiger partial charge in [0.05, 0.1) is 39.8 Å². The fourth-order valence-corrected chi connectivity index (χ4v) is 4.23. The molecule has 1 aromatic heterocycles. The third-order valence-corrected chi connectivity index (χ3v) is 5.56. The van der Waals surface area contributed by atoms with Crippen molar-refractivity contribution in [3.8, 4) is 34.1 Å². The third-order valence-electron chi connectivity index (χ3n) is 5.56. The Morgan fingerprint density at radius 3 is 2.53 bits per heavy atom. The fourth-order valence-electron chi connectivity index (χ4n) is 4.23. The van der Waals surface area contributed by atoms with Gasteiger partial charge in [0, 0.05) is 12.5 Å². The van der Waals surface area contributed by atoms with Gasteiger partial charge in [0.1, 0.15) is 5.69 Å². The number of nitrogens with one attached hydrogen (secondary N) is 1. The van der Waals surface area contributed by atoms with Gasteiger partial charge in [-0.25, -0.2) is 4.68 Å². The molecule has 1 atom stereocenters. The summed E-state index contributed by atoms with van der Waals surface area (Å²) in [5.41, 5.74) is 3.33. The van der Waals surface area contributed by atoms with Gasteiger partial charge in [0.25, 0.3) is 0 Å². The molecular weight excluding hydrogens is 412 g/mol. The summed E-state index contributed by atoms with van der Waals surface area (Å²) in [6.07, 6.45) is 4.35. The molecule has 9 nitrogen and oxygen atoms in total. The van der Waals surface area contributed by atoms with Crippen LogP contribution in [0.2, 0.25) is 0 Å². The molecule has 0 fully saturated rings. The fraction of sp³-hybridized carbons (Fsp3) is 0.304. The zero-order valence-corrected chi connectivity index (χ0v) is 18.3. The summed E-state index contributed by atoms with van der Waals surface area (Å²) in [4.78, 5) is 25.1. The summed E-state index contributed by atoms with van der Waals surface area (Å²) in [7, 11) is 4.69. The van der Waals surface area contributed by atoms with Crippen molar-refractivity contribution in [2.45, 2.75) is 25.8 Å². The summed E-state index contributed by atoms with van der Waals surface area (Å²) in [5, 5.41) is 10.7. The van der Waals surface area contributed by atoms with Crippen LogP contribution >= 0.6 is 0 Å². The van der Waals surface area contributed by atoms with Crippen LogP contribution in [0, 0.1) is 0 Å². The normalized spacial score (nSPS) is 14.6. The van der Waals surface area contributed by atoms with Gasteiger partial charge in [-0.15, -0.1) is 5.10 Å². The molecule has 1 aliphatic carbocycles. The lowest BCUT2D eigenvalue weighted by Gasteiger charge is -2.19. The van der Waals surface area contributed by atoms with Crippen molar-refractivity contribution in [3.05, 3.63) is 58.0 Å². The molecule has 0 spiro atoms. The van der Waals surface area contributed by atoms with Crippen LogP contribution in [0.15, 0.2) is 41.5 Å². The molecule has 1 aliphatic rings. The number of ether oxygens (including phenoxy) is 3. The highest BCUT2D eigenvalue weighted by molar-refractivity contribution is 5.83. The molecule has 0 bridgehead atoms. The van der Waals surface area contributed by atoms with Crippen LogP contribution in [0.3, 0.4) is 0 Å². The van der Waals surface area contributed by atoms with Crippen molar-refractivity contribution in [1.29, 1.82) is 0 Å². The van der Waals surface area contributed by atoms with Crippen LogP contribution in [-0.4, -0.2) is 42.2 Å². The summed E-state index contributed by atoms with van der Waals surface area (Å²) in [5.74, 6) is 1.34. The molecule has 4 rings (SSSR count). The quantitative estimate of drug-likeness (QED) is 0.655. The molecule has 1 amide bonds. The first-order chi connectivity index (χ1) is 15.5. The van der Waals surface area contributed by atoms with E-state index in [9.17, 15) is 9.59 Å². The number of carbonyl (C=O) groups excluding carboxylic acids is 1. The molecule has 0 saturated carbocycles. The van der Waals surface area contributed by atoms with E-state index in [2.05, 4.69) is 15.6 Å². The zero-order chi connectivity index (χ0) is 22.8. The van der Waals surface area contributed by atoms with Gasteiger partial charge < -0.3 is 19.5 Å². The monoisotopic (exact) mass is 436 g/mol. The molecule has 0 radical (unpaired) electrons. The highest BCUT2D eigenvalue weighted by atomic mass is 16.5. The lowest BCUT2D eigenvalue weighted by Crippen LogP contribution is -2.26. The van der Waals surface area contributed by atoms with E-state index in [1.807, 2.05) is 12.1 Å². The number of carbonyl (C=O) groups is 1. The van der Waals surface area contributed by atoms with Crippen LogP contribution in [-0.2, 0) is 11.2 Å². The van der Waals surface area contributed by atoms with E-state index >= 15 is 0 Å². The summed E-state index contributed by atoms with van der Waals surface area (Å²) < 4.78 is 18.3. The number of amides is 1. The smallest absolute Gasteiger partial charge is 0.217 e. The molecular formula is C23H24N4O5. The van der Waals surface area contributed by atoms with Gasteiger partial charge in [0.2, 0.25) is 17.1 Å². The van der Waals surface area contributed by atoms with Gasteiger partial charge in [-0.2, -0.15) is 0 Å². The van der Waals surface area contributed by atoms with Gasteiger partial charge in [0.15, 0.2) is 11.5 Å². The Hall–Kier alpha value is -3.88. The Kier molecular flexibility index (Phi) is 5.81. The number of aryl methyl sites for hydroxylation is 1. The number of benzene rings is 1. The Morgan fingerprint density at radius 1 is 1.12 bits per heavy atom. The second kappa shape index (κ2) is 8.70. The summed E-state index contributed by atoms with van der Waals surface area (Å²) in [6.45, 7) is 1.46. The topological polar surface area (TPSA) is 105 Å². The maximum atomic E-state index is 13.1. The van der Waals surface area contributed by atoms with E-state index in [4.69, 9.17) is 14.2 Å². The number of methoxy groups -OCH3 is 3. The first-order valence-electron chi connectivity index (χ1n) is 10.1. The van der Waals surface area contributed by atoms with Crippen molar-refractivity contribution in [1.82, 2.24) is 20.3 Å². The van der Waals surface area contributed by atoms with Crippen LogP contribution in [0.25, 0.3) is 16.8 Å². The Bertz CT molecular complexity index is 1220. The number of aromatic nitrogens is 3. The van der Waals surface area contributed by atoms with Crippen LogP contribution in [0.5, 0.6) is 17.2 Å². The predicted octanol–water partition coefficient (Wildman–Crippen LogP) is 2.44. The predicted molar refractivity (Wildman–Crippen MR) is 118 cm³/mol. The second-order valence-electron chi connectivity index (χ2n) is 7.42. The average Bonchev–Trinajstić information content (AvgIpc) is 3.20. The molecule has 32 heavy (non-hydrogen) atoms. The van der Waals surface area contributed by atoms with E-state index < -0.39 is 0 Å². The number of hydrogen-bond acceptors (Lipinski definition) is 7. The van der Waals surface area contributed by atoms with E-state index in [-0.39, 0.29) is 17.4 Å². The average molecular weight is 436 g/mol. The van der Waals surface area contributed by atoms with Gasteiger partial charge in [-0.3, -0.25) is 9.59 Å². The van der Waals surface area contributed by atoms with Gasteiger partial charge in [-0.1, -0.05) is 11.3 Å². The maximum Gasteiger partial charge on any atom is 0.217 e. The van der Waals surface area contributed by atoms with Gasteiger partial charge >= 0.3 is 0 Å². The van der Waals surface area contributed by atoms with E-state index in [1.54, 1.807) is 39.7 Å². The zero-order valence-electron chi connectivity index (χ0n) is 18.3. The van der Waals surface area contributed by atoms with Crippen molar-refractivity contribution in [3.63, 3.8) is 0 Å². The van der Waals surface area contributed by atoms with Crippen molar-refractivity contribution < 1.29 is 19.0 Å². The van der Waals surface area contributed by atoms with E-state index in [0.29, 0.717) is 41.3 Å². The largest absolute Gasteiger partial charge is 0.493 e. The minimum atomic E-state index is -0.361. The minimum absolute atomic E-state index is 0.176. The van der Waals surface area contributed by atoms with Crippen molar-refractivity contribution in [2.24, 2.45) is 0 Å². The van der Waals surface area contributed by atoms with Crippen molar-refractivity contribution >= 4 is 5.91 Å². The Balaban J connectivity index is 2.07. The molecule has 0 saturated heterocycles. The number of rotatable bonds is 5. The summed E-state index contributed by atoms with van der Waals surface area (Å²) in [6, 6.07) is 6.66. The van der Waals surface area contributed by atoms with Crippen LogP contribution < -0.4 is 25.0 Å². The Labute approximate surface area is 184 Å². The van der Waals surface area contributed by atoms with Crippen LogP contribution in [0.4, 0.5) is 0 Å². The van der Waals surface area contributed by atoms with Gasteiger partial charge in [-0.05, 0) is 47.7 Å². The molecule has 166 valence electrons. The van der Waals surface area contributed by atoms with Crippen LogP contribution in [0.1, 0.15) is 30.5 Å². The molecule has 1 N–H and O–H groups in total. The third kappa shape index (κ3) is 3.66. The molecule has 0 aliphatic heterocycles. The number of nitrogens with zero attached hydrogens (tertiary/aromatic N) is 3. The lowest BCUT2D eigenvalue weighted by atomic mass is 9.95. The molecule has 1 heterocycles. The Morgan fingerprint density at radius 2 is 1.91 bits per heavy atom.